The molecule has 0 N–H and O–H groups in total. The molecule has 0 aromatic rings. The van der Waals surface area contributed by atoms with E-state index in [2.05, 4.69) is 6.92 Å². The molecule has 1 rings (SSSR count). The lowest BCUT2D eigenvalue weighted by atomic mass is 10.0. The summed E-state index contributed by atoms with van der Waals surface area (Å²) in [6.45, 7) is 6.94. The molecule has 1 aliphatic rings. The Hall–Kier alpha value is -0.540. The molecular formula is C11H20O3. The molecule has 1 saturated heterocycles. The van der Waals surface area contributed by atoms with E-state index in [1.165, 1.54) is 0 Å². The molecule has 0 aromatic carbocycles. The Morgan fingerprint density at radius 1 is 1.43 bits per heavy atom. The van der Waals surface area contributed by atoms with Crippen LogP contribution in [0, 0.1) is 0 Å². The minimum Gasteiger partial charge on any atom is -0.502 e. The van der Waals surface area contributed by atoms with Gasteiger partial charge in [-0.15, -0.1) is 0 Å². The molecule has 1 fully saturated rings. The SMILES string of the molecule is CC=COCCCC1(C)COCCO1. The van der Waals surface area contributed by atoms with E-state index in [-0.39, 0.29) is 5.60 Å². The maximum Gasteiger partial charge on any atom is 0.0889 e. The quantitative estimate of drug-likeness (QED) is 0.502. The van der Waals surface area contributed by atoms with Crippen LogP contribution in [-0.4, -0.2) is 32.0 Å². The van der Waals surface area contributed by atoms with Crippen LogP contribution in [0.2, 0.25) is 0 Å². The van der Waals surface area contributed by atoms with Crippen LogP contribution in [0.4, 0.5) is 0 Å². The van der Waals surface area contributed by atoms with E-state index in [0.29, 0.717) is 13.2 Å². The molecule has 14 heavy (non-hydrogen) atoms. The molecule has 3 heteroatoms. The molecule has 0 amide bonds. The Morgan fingerprint density at radius 2 is 2.29 bits per heavy atom. The van der Waals surface area contributed by atoms with Gasteiger partial charge in [-0.05, 0) is 26.7 Å². The fourth-order valence-electron chi connectivity index (χ4n) is 1.51. The summed E-state index contributed by atoms with van der Waals surface area (Å²) in [5.41, 5.74) is -0.0997. The number of allylic oxidation sites excluding steroid dienone is 1. The Kier molecular flexibility index (Phi) is 4.98. The van der Waals surface area contributed by atoms with Crippen molar-refractivity contribution >= 4 is 0 Å². The number of rotatable bonds is 5. The maximum absolute atomic E-state index is 5.67. The molecule has 1 aliphatic heterocycles. The highest BCUT2D eigenvalue weighted by molar-refractivity contribution is 4.77. The number of hydrogen-bond donors (Lipinski definition) is 0. The number of hydrogen-bond acceptors (Lipinski definition) is 3. The molecule has 1 atom stereocenters. The first-order valence-corrected chi connectivity index (χ1v) is 5.21. The van der Waals surface area contributed by atoms with Crippen molar-refractivity contribution in [3.63, 3.8) is 0 Å². The van der Waals surface area contributed by atoms with Crippen molar-refractivity contribution in [2.75, 3.05) is 26.4 Å². The molecule has 1 heterocycles. The van der Waals surface area contributed by atoms with E-state index in [1.54, 1.807) is 6.26 Å². The Labute approximate surface area is 86.0 Å². The van der Waals surface area contributed by atoms with E-state index < -0.39 is 0 Å². The fraction of sp³-hybridized carbons (Fsp3) is 0.818. The zero-order valence-electron chi connectivity index (χ0n) is 9.12. The third-order valence-corrected chi connectivity index (χ3v) is 2.29. The zero-order chi connectivity index (χ0) is 10.3. The summed E-state index contributed by atoms with van der Waals surface area (Å²) in [7, 11) is 0. The van der Waals surface area contributed by atoms with Crippen molar-refractivity contribution in [1.82, 2.24) is 0 Å². The van der Waals surface area contributed by atoms with Gasteiger partial charge in [0.05, 0.1) is 38.3 Å². The summed E-state index contributed by atoms with van der Waals surface area (Å²) >= 11 is 0. The normalized spacial score (nSPS) is 28.1. The summed E-state index contributed by atoms with van der Waals surface area (Å²) in [5.74, 6) is 0. The van der Waals surface area contributed by atoms with Gasteiger partial charge in [0.1, 0.15) is 0 Å². The van der Waals surface area contributed by atoms with Crippen molar-refractivity contribution in [3.8, 4) is 0 Å². The molecule has 1 unspecified atom stereocenters. The summed E-state index contributed by atoms with van der Waals surface area (Å²) in [5, 5.41) is 0. The van der Waals surface area contributed by atoms with Gasteiger partial charge in [0, 0.05) is 0 Å². The lowest BCUT2D eigenvalue weighted by Gasteiger charge is -2.33. The predicted octanol–water partition coefficient (Wildman–Crippen LogP) is 2.12. The third-order valence-electron chi connectivity index (χ3n) is 2.29. The van der Waals surface area contributed by atoms with Gasteiger partial charge < -0.3 is 14.2 Å². The van der Waals surface area contributed by atoms with Crippen molar-refractivity contribution in [3.05, 3.63) is 12.3 Å². The van der Waals surface area contributed by atoms with Gasteiger partial charge in [-0.3, -0.25) is 0 Å². The van der Waals surface area contributed by atoms with Crippen LogP contribution in [0.25, 0.3) is 0 Å². The largest absolute Gasteiger partial charge is 0.502 e. The topological polar surface area (TPSA) is 27.7 Å². The molecule has 82 valence electrons. The van der Waals surface area contributed by atoms with Crippen LogP contribution in [0.1, 0.15) is 26.7 Å². The summed E-state index contributed by atoms with van der Waals surface area (Å²) in [6.07, 6.45) is 5.61. The van der Waals surface area contributed by atoms with Gasteiger partial charge in [0.25, 0.3) is 0 Å². The van der Waals surface area contributed by atoms with Crippen LogP contribution >= 0.6 is 0 Å². The summed E-state index contributed by atoms with van der Waals surface area (Å²) < 4.78 is 16.3. The van der Waals surface area contributed by atoms with Crippen molar-refractivity contribution in [2.45, 2.75) is 32.3 Å². The van der Waals surface area contributed by atoms with Crippen molar-refractivity contribution < 1.29 is 14.2 Å². The van der Waals surface area contributed by atoms with Crippen LogP contribution in [0.5, 0.6) is 0 Å². The van der Waals surface area contributed by atoms with Gasteiger partial charge in [-0.2, -0.15) is 0 Å². The van der Waals surface area contributed by atoms with Crippen molar-refractivity contribution in [2.24, 2.45) is 0 Å². The smallest absolute Gasteiger partial charge is 0.0889 e. The highest BCUT2D eigenvalue weighted by Gasteiger charge is 2.27. The van der Waals surface area contributed by atoms with Gasteiger partial charge >= 0.3 is 0 Å². The summed E-state index contributed by atoms with van der Waals surface area (Å²) in [4.78, 5) is 0. The zero-order valence-corrected chi connectivity index (χ0v) is 9.12. The lowest BCUT2D eigenvalue weighted by Crippen LogP contribution is -2.40. The molecular weight excluding hydrogens is 180 g/mol. The van der Waals surface area contributed by atoms with Crippen LogP contribution in [0.15, 0.2) is 12.3 Å². The molecule has 3 nitrogen and oxygen atoms in total. The Bertz CT molecular complexity index is 171. The standard InChI is InChI=1S/C11H20O3/c1-3-6-12-7-4-5-11(2)10-13-8-9-14-11/h3,6H,4-5,7-10H2,1-2H3. The third kappa shape index (κ3) is 4.11. The number of ether oxygens (including phenoxy) is 3. The van der Waals surface area contributed by atoms with Crippen LogP contribution < -0.4 is 0 Å². The highest BCUT2D eigenvalue weighted by Crippen LogP contribution is 2.21. The Balaban J connectivity index is 2.09. The monoisotopic (exact) mass is 200 g/mol. The first kappa shape index (κ1) is 11.5. The Morgan fingerprint density at radius 3 is 2.93 bits per heavy atom. The first-order valence-electron chi connectivity index (χ1n) is 5.21. The lowest BCUT2D eigenvalue weighted by molar-refractivity contribution is -0.152. The van der Waals surface area contributed by atoms with Gasteiger partial charge in [0.2, 0.25) is 0 Å². The van der Waals surface area contributed by atoms with Gasteiger partial charge in [-0.1, -0.05) is 6.08 Å². The average molecular weight is 200 g/mol. The minimum absolute atomic E-state index is 0.0997. The second-order valence-corrected chi connectivity index (χ2v) is 3.79. The van der Waals surface area contributed by atoms with Crippen LogP contribution in [0.3, 0.4) is 0 Å². The maximum atomic E-state index is 5.67. The molecule has 0 aliphatic carbocycles. The van der Waals surface area contributed by atoms with Gasteiger partial charge in [-0.25, -0.2) is 0 Å². The van der Waals surface area contributed by atoms with Crippen LogP contribution in [-0.2, 0) is 14.2 Å². The average Bonchev–Trinajstić information content (AvgIpc) is 2.18. The molecule has 0 radical (unpaired) electrons. The molecule has 0 spiro atoms. The summed E-state index contributed by atoms with van der Waals surface area (Å²) in [6, 6.07) is 0. The second kappa shape index (κ2) is 6.04. The highest BCUT2D eigenvalue weighted by atomic mass is 16.6. The first-order chi connectivity index (χ1) is 6.77. The predicted molar refractivity (Wildman–Crippen MR) is 55.2 cm³/mol. The second-order valence-electron chi connectivity index (χ2n) is 3.79. The van der Waals surface area contributed by atoms with E-state index in [0.717, 1.165) is 26.1 Å². The van der Waals surface area contributed by atoms with Crippen molar-refractivity contribution in [1.29, 1.82) is 0 Å². The molecule has 0 bridgehead atoms. The molecule has 0 aromatic heterocycles. The van der Waals surface area contributed by atoms with E-state index in [4.69, 9.17) is 14.2 Å². The minimum atomic E-state index is -0.0997. The fourth-order valence-corrected chi connectivity index (χ4v) is 1.51. The van der Waals surface area contributed by atoms with E-state index >= 15 is 0 Å². The van der Waals surface area contributed by atoms with Gasteiger partial charge in [0.15, 0.2) is 0 Å². The molecule has 0 saturated carbocycles. The van der Waals surface area contributed by atoms with E-state index in [9.17, 15) is 0 Å². The van der Waals surface area contributed by atoms with E-state index in [1.807, 2.05) is 13.0 Å².